The smallest absolute Gasteiger partial charge is 0.325 e. The number of carbonyl (C=O) groups is 11. The number of rotatable bonds is 42. The van der Waals surface area contributed by atoms with Gasteiger partial charge < -0.3 is 84.3 Å². The van der Waals surface area contributed by atoms with E-state index in [4.69, 9.17) is 33.2 Å². The molecule has 12 amide bonds. The van der Waals surface area contributed by atoms with E-state index in [-0.39, 0.29) is 109 Å². The molecule has 0 saturated carbocycles. The Kier molecular flexibility index (Phi) is 33.3. The van der Waals surface area contributed by atoms with Crippen molar-refractivity contribution in [1.29, 1.82) is 5.41 Å². The van der Waals surface area contributed by atoms with Crippen molar-refractivity contribution in [2.45, 2.75) is 158 Å². The third kappa shape index (κ3) is 26.3. The van der Waals surface area contributed by atoms with Gasteiger partial charge in [-0.15, -0.1) is 0 Å². The first-order chi connectivity index (χ1) is 55.3. The Bertz CT molecular complexity index is 4320. The predicted octanol–water partition coefficient (Wildman–Crippen LogP) is 1.11. The van der Waals surface area contributed by atoms with Gasteiger partial charge in [0.15, 0.2) is 5.96 Å². The number of guanidine groups is 1. The summed E-state index contributed by atoms with van der Waals surface area (Å²) >= 11 is 6.29. The van der Waals surface area contributed by atoms with Crippen LogP contribution >= 0.6 is 11.6 Å². The summed E-state index contributed by atoms with van der Waals surface area (Å²) in [6.07, 6.45) is 0.000640. The molecule has 3 aliphatic rings. The van der Waals surface area contributed by atoms with Crippen molar-refractivity contribution < 1.29 is 72.8 Å². The van der Waals surface area contributed by atoms with E-state index in [1.807, 2.05) is 59.5 Å². The SMILES string of the molecule is CC(C)C[C@H](NC(=O)[C@@H](Cc1ccc(CN(CCO)CCO)cc1)NC(=O)[C@H](Cc1ccc(CN2CCOCC2)cc1)NC(=O)[C@H](CO)NC(=O)[C@@H](Cc1ccccc1)NC(=O)C(Cc1ccc(Cl)cc1)N1C(=O)NC(Cc2ccc3ccccc3c2)C1=O)C(=O)N[C@@H](CCCNC(=N)N)C(=O)N1CCC[C@H]1C(=O)N[C@H](C)C(N)=O. The van der Waals surface area contributed by atoms with Crippen molar-refractivity contribution >= 4 is 93.4 Å². The summed E-state index contributed by atoms with van der Waals surface area (Å²) in [6.45, 7) is 7.85. The lowest BCUT2D eigenvalue weighted by Gasteiger charge is -2.31. The number of carbonyl (C=O) groups excluding carboxylic acids is 11. The summed E-state index contributed by atoms with van der Waals surface area (Å²) < 4.78 is 5.56. The van der Waals surface area contributed by atoms with E-state index < -0.39 is 132 Å². The summed E-state index contributed by atoms with van der Waals surface area (Å²) in [4.78, 5) is 166. The molecule has 31 nitrogen and oxygen atoms in total. The molecule has 3 saturated heterocycles. The Morgan fingerprint density at radius 1 is 0.583 bits per heavy atom. The number of ether oxygens (including phenoxy) is 1. The van der Waals surface area contributed by atoms with E-state index in [2.05, 4.69) is 52.8 Å². The lowest BCUT2D eigenvalue weighted by molar-refractivity contribution is -0.142. The highest BCUT2D eigenvalue weighted by atomic mass is 35.5. The van der Waals surface area contributed by atoms with Crippen LogP contribution in [0.25, 0.3) is 10.8 Å². The molecule has 9 rings (SSSR count). The van der Waals surface area contributed by atoms with Gasteiger partial charge in [0.1, 0.15) is 60.4 Å². The molecule has 32 heteroatoms. The topological polar surface area (TPSA) is 455 Å². The first-order valence-corrected chi connectivity index (χ1v) is 39.3. The quantitative estimate of drug-likeness (QED) is 0.0110. The first kappa shape index (κ1) is 88.0. The van der Waals surface area contributed by atoms with Crippen molar-refractivity contribution in [3.8, 4) is 0 Å². The molecule has 3 aliphatic heterocycles. The number of amides is 12. The summed E-state index contributed by atoms with van der Waals surface area (Å²) in [6, 6.07) is 27.9. The Hall–Kier alpha value is -10.9. The highest BCUT2D eigenvalue weighted by molar-refractivity contribution is 6.30. The van der Waals surface area contributed by atoms with Crippen LogP contribution in [0.15, 0.2) is 146 Å². The van der Waals surface area contributed by atoms with Gasteiger partial charge in [-0.25, -0.2) is 9.69 Å². The van der Waals surface area contributed by atoms with Crippen LogP contribution < -0.4 is 59.3 Å². The van der Waals surface area contributed by atoms with Gasteiger partial charge in [0.05, 0.1) is 33.0 Å². The number of halogens is 1. The fourth-order valence-corrected chi connectivity index (χ4v) is 14.4. The Balaban J connectivity index is 1.01. The minimum Gasteiger partial charge on any atom is -0.395 e. The molecule has 3 heterocycles. The Morgan fingerprint density at radius 2 is 1.09 bits per heavy atom. The number of morpholine rings is 1. The molecular formula is C83H107ClN16O15. The van der Waals surface area contributed by atoms with Crippen molar-refractivity contribution in [2.24, 2.45) is 17.4 Å². The van der Waals surface area contributed by atoms with Gasteiger partial charge in [0.25, 0.3) is 5.91 Å². The highest BCUT2D eigenvalue weighted by Gasteiger charge is 2.46. The van der Waals surface area contributed by atoms with E-state index in [1.54, 1.807) is 105 Å². The summed E-state index contributed by atoms with van der Waals surface area (Å²) in [5.41, 5.74) is 15.6. The van der Waals surface area contributed by atoms with Crippen LogP contribution in [0.5, 0.6) is 0 Å². The molecule has 3 fully saturated rings. The van der Waals surface area contributed by atoms with Crippen molar-refractivity contribution in [2.75, 3.05) is 72.3 Å². The van der Waals surface area contributed by atoms with Crippen molar-refractivity contribution in [3.63, 3.8) is 0 Å². The van der Waals surface area contributed by atoms with Gasteiger partial charge in [-0.1, -0.05) is 159 Å². The molecule has 0 aromatic heterocycles. The largest absolute Gasteiger partial charge is 0.395 e. The third-order valence-electron chi connectivity index (χ3n) is 20.5. The molecule has 6 aromatic carbocycles. The normalized spacial score (nSPS) is 17.1. The van der Waals surface area contributed by atoms with Gasteiger partial charge in [-0.3, -0.25) is 63.2 Å². The van der Waals surface area contributed by atoms with Crippen LogP contribution in [-0.4, -0.2) is 239 Å². The second kappa shape index (κ2) is 43.5. The molecule has 0 bridgehead atoms. The van der Waals surface area contributed by atoms with Crippen LogP contribution in [0.2, 0.25) is 5.02 Å². The number of hydrogen-bond acceptors (Lipinski definition) is 18. The molecule has 17 N–H and O–H groups in total. The molecule has 115 heavy (non-hydrogen) atoms. The van der Waals surface area contributed by atoms with Crippen LogP contribution in [0.3, 0.4) is 0 Å². The third-order valence-corrected chi connectivity index (χ3v) is 20.7. The second-order valence-corrected chi connectivity index (χ2v) is 30.2. The maximum atomic E-state index is 15.6. The average molecular weight is 1600 g/mol. The monoisotopic (exact) mass is 1600 g/mol. The molecule has 2 unspecified atom stereocenters. The van der Waals surface area contributed by atoms with E-state index >= 15 is 24.0 Å². The van der Waals surface area contributed by atoms with Gasteiger partial charge in [0, 0.05) is 89.5 Å². The van der Waals surface area contributed by atoms with E-state index in [0.29, 0.717) is 73.1 Å². The fraction of sp³-hybridized carbons (Fsp3) is 0.446. The number of likely N-dealkylation sites (tertiary alicyclic amines) is 1. The number of hydrogen-bond donors (Lipinski definition) is 15. The Labute approximate surface area is 673 Å². The first-order valence-electron chi connectivity index (χ1n) is 39.0. The molecule has 6 aromatic rings. The maximum absolute atomic E-state index is 15.6. The van der Waals surface area contributed by atoms with Gasteiger partial charge in [-0.2, -0.15) is 0 Å². The van der Waals surface area contributed by atoms with Gasteiger partial charge in [-0.05, 0) is 107 Å². The zero-order valence-electron chi connectivity index (χ0n) is 65.0. The molecule has 0 spiro atoms. The number of fused-ring (bicyclic) bond motifs is 1. The molecular weight excluding hydrogens is 1500 g/mol. The Morgan fingerprint density at radius 3 is 1.67 bits per heavy atom. The van der Waals surface area contributed by atoms with Gasteiger partial charge in [0.2, 0.25) is 53.2 Å². The summed E-state index contributed by atoms with van der Waals surface area (Å²) in [5, 5.41) is 65.3. The minimum atomic E-state index is -1.83. The maximum Gasteiger partial charge on any atom is 0.325 e. The standard InChI is InChI=1S/C83H107ClN16O15/c1-51(2)41-64(73(105)90-63(15-9-31-88-82(86)87)80(112)99-32-10-16-70(99)78(110)89-52(3)72(85)104)91-74(106)65(44-54-17-21-57(22-18-54)48-97(33-37-101)34-38-102)92-75(107)66(45-55-19-23-58(24-20-55)49-98-35-39-115-40-36-98)93-77(109)69(50-103)95-76(108)67(43-53-11-5-4-6-12-53)94-79(111)71(47-56-26-29-62(84)30-27-56)100-81(113)68(96-83(100)114)46-59-25-28-60-13-7-8-14-61(60)42-59/h4-8,11-14,17-30,42,51-52,63-71,101-103H,9-10,15-16,31-41,43-50H2,1-3H3,(H2,85,104)(H,89,110)(H,90,105)(H,91,106)(H,92,107)(H,93,109)(H,94,111)(H,95,108)(H,96,114)(H4,86,87,88)/t52-,63+,64+,65-,66+,67-,68?,69+,70+,71?/m1/s1. The van der Waals surface area contributed by atoms with Crippen molar-refractivity contribution in [3.05, 3.63) is 190 Å². The lowest BCUT2D eigenvalue weighted by Crippen LogP contribution is -2.61. The number of nitrogens with zero attached hydrogens (tertiary/aromatic N) is 4. The lowest BCUT2D eigenvalue weighted by atomic mass is 9.99. The number of benzene rings is 6. The summed E-state index contributed by atoms with van der Waals surface area (Å²) in [5.74, 6) is -8.97. The number of nitrogens with two attached hydrogens (primary N) is 2. The molecule has 0 aliphatic carbocycles. The van der Waals surface area contributed by atoms with Crippen LogP contribution in [0.1, 0.15) is 91.8 Å². The fourth-order valence-electron chi connectivity index (χ4n) is 14.3. The predicted molar refractivity (Wildman–Crippen MR) is 431 cm³/mol. The van der Waals surface area contributed by atoms with Crippen LogP contribution in [-0.2, 0) is 97.9 Å². The van der Waals surface area contributed by atoms with Crippen LogP contribution in [0.4, 0.5) is 4.79 Å². The highest BCUT2D eigenvalue weighted by Crippen LogP contribution is 2.25. The zero-order valence-corrected chi connectivity index (χ0v) is 65.8. The zero-order chi connectivity index (χ0) is 82.7. The summed E-state index contributed by atoms with van der Waals surface area (Å²) in [7, 11) is 0. The number of aliphatic hydroxyl groups excluding tert-OH is 3. The van der Waals surface area contributed by atoms with E-state index in [9.17, 15) is 44.1 Å². The van der Waals surface area contributed by atoms with E-state index in [0.717, 1.165) is 32.4 Å². The van der Waals surface area contributed by atoms with Crippen LogP contribution in [0, 0.1) is 11.3 Å². The van der Waals surface area contributed by atoms with Gasteiger partial charge >= 0.3 is 6.03 Å². The second-order valence-electron chi connectivity index (χ2n) is 29.8. The number of aliphatic hydroxyl groups is 3. The number of nitrogens with one attached hydrogen (secondary N) is 10. The molecule has 0 radical (unpaired) electrons. The molecule has 616 valence electrons. The minimum absolute atomic E-state index is 0.00492. The van der Waals surface area contributed by atoms with Crippen molar-refractivity contribution in [1.82, 2.24) is 67.5 Å². The molecule has 10 atom stereocenters. The number of urea groups is 1. The number of imide groups is 1. The number of primary amides is 1. The average Bonchev–Trinajstić information content (AvgIpc) is 1.65. The van der Waals surface area contributed by atoms with E-state index in [1.165, 1.54) is 11.8 Å².